The molecule has 0 aliphatic heterocycles. The van der Waals surface area contributed by atoms with Gasteiger partial charge in [-0.15, -0.1) is 0 Å². The highest BCUT2D eigenvalue weighted by atomic mass is 16.5. The monoisotopic (exact) mass is 288 g/mol. The van der Waals surface area contributed by atoms with E-state index < -0.39 is 5.97 Å². The third-order valence-corrected chi connectivity index (χ3v) is 2.61. The third-order valence-electron chi connectivity index (χ3n) is 2.61. The van der Waals surface area contributed by atoms with Gasteiger partial charge in [0.1, 0.15) is 18.2 Å². The molecule has 1 heterocycles. The third kappa shape index (κ3) is 4.07. The predicted molar refractivity (Wildman–Crippen MR) is 78.2 cm³/mol. The molecule has 0 fully saturated rings. The SMILES string of the molecule is COC(=O)c1nccc(NCCOc2ccccc2N)n1. The molecule has 7 heteroatoms. The molecule has 110 valence electrons. The molecule has 0 amide bonds. The summed E-state index contributed by atoms with van der Waals surface area (Å²) >= 11 is 0. The molecule has 2 aromatic rings. The van der Waals surface area contributed by atoms with Crippen LogP contribution in [0.1, 0.15) is 10.6 Å². The maximum Gasteiger partial charge on any atom is 0.376 e. The number of benzene rings is 1. The summed E-state index contributed by atoms with van der Waals surface area (Å²) < 4.78 is 10.1. The van der Waals surface area contributed by atoms with Crippen LogP contribution in [0.25, 0.3) is 0 Å². The van der Waals surface area contributed by atoms with Gasteiger partial charge < -0.3 is 20.5 Å². The summed E-state index contributed by atoms with van der Waals surface area (Å²) in [5.74, 6) is 0.593. The number of rotatable bonds is 6. The number of hydrogen-bond acceptors (Lipinski definition) is 7. The van der Waals surface area contributed by atoms with Crippen LogP contribution in [0.15, 0.2) is 36.5 Å². The largest absolute Gasteiger partial charge is 0.490 e. The van der Waals surface area contributed by atoms with Crippen LogP contribution in [0.4, 0.5) is 11.5 Å². The van der Waals surface area contributed by atoms with Gasteiger partial charge >= 0.3 is 5.97 Å². The Balaban J connectivity index is 1.84. The maximum atomic E-state index is 11.3. The van der Waals surface area contributed by atoms with Gasteiger partial charge in [-0.05, 0) is 18.2 Å². The van der Waals surface area contributed by atoms with E-state index in [-0.39, 0.29) is 5.82 Å². The molecule has 21 heavy (non-hydrogen) atoms. The number of nitrogens with zero attached hydrogens (tertiary/aromatic N) is 2. The average Bonchev–Trinajstić information content (AvgIpc) is 2.52. The van der Waals surface area contributed by atoms with Crippen molar-refractivity contribution in [2.24, 2.45) is 0 Å². The minimum absolute atomic E-state index is 0.00993. The van der Waals surface area contributed by atoms with Crippen molar-refractivity contribution in [3.8, 4) is 5.75 Å². The van der Waals surface area contributed by atoms with Crippen molar-refractivity contribution in [3.05, 3.63) is 42.4 Å². The summed E-state index contributed by atoms with van der Waals surface area (Å²) in [6.07, 6.45) is 1.48. The zero-order chi connectivity index (χ0) is 15.1. The molecule has 0 atom stereocenters. The Hall–Kier alpha value is -2.83. The Morgan fingerprint density at radius 3 is 2.90 bits per heavy atom. The zero-order valence-electron chi connectivity index (χ0n) is 11.6. The Morgan fingerprint density at radius 2 is 2.14 bits per heavy atom. The second kappa shape index (κ2) is 7.09. The lowest BCUT2D eigenvalue weighted by atomic mass is 10.3. The van der Waals surface area contributed by atoms with E-state index in [1.54, 1.807) is 18.2 Å². The molecular weight excluding hydrogens is 272 g/mol. The molecule has 0 saturated carbocycles. The first-order valence-electron chi connectivity index (χ1n) is 6.33. The number of para-hydroxylation sites is 2. The molecule has 0 bridgehead atoms. The van der Waals surface area contributed by atoms with Crippen molar-refractivity contribution in [1.29, 1.82) is 0 Å². The first-order chi connectivity index (χ1) is 10.2. The number of carbonyl (C=O) groups is 1. The Bertz CT molecular complexity index is 619. The van der Waals surface area contributed by atoms with Crippen LogP contribution in [0.5, 0.6) is 5.75 Å². The number of ether oxygens (including phenoxy) is 2. The van der Waals surface area contributed by atoms with E-state index in [0.29, 0.717) is 30.4 Å². The fraction of sp³-hybridized carbons (Fsp3) is 0.214. The second-order valence-corrected chi connectivity index (χ2v) is 4.07. The van der Waals surface area contributed by atoms with Crippen LogP contribution in [0, 0.1) is 0 Å². The topological polar surface area (TPSA) is 99.4 Å². The predicted octanol–water partition coefficient (Wildman–Crippen LogP) is 1.34. The fourth-order valence-corrected chi connectivity index (χ4v) is 1.60. The van der Waals surface area contributed by atoms with Gasteiger partial charge in [-0.3, -0.25) is 0 Å². The van der Waals surface area contributed by atoms with Gasteiger partial charge in [0.2, 0.25) is 5.82 Å². The number of carbonyl (C=O) groups excluding carboxylic acids is 1. The zero-order valence-corrected chi connectivity index (χ0v) is 11.6. The van der Waals surface area contributed by atoms with E-state index in [9.17, 15) is 4.79 Å². The first-order valence-corrected chi connectivity index (χ1v) is 6.33. The molecule has 1 aromatic carbocycles. The number of aromatic nitrogens is 2. The lowest BCUT2D eigenvalue weighted by Crippen LogP contribution is -2.15. The standard InChI is InChI=1S/C14H16N4O3/c1-20-14(19)13-17-7-6-12(18-13)16-8-9-21-11-5-3-2-4-10(11)15/h2-7H,8-9,15H2,1H3,(H,16,17,18). The van der Waals surface area contributed by atoms with Crippen LogP contribution >= 0.6 is 0 Å². The van der Waals surface area contributed by atoms with Crippen LogP contribution in [-0.2, 0) is 4.74 Å². The smallest absolute Gasteiger partial charge is 0.376 e. The van der Waals surface area contributed by atoms with Crippen LogP contribution < -0.4 is 15.8 Å². The van der Waals surface area contributed by atoms with E-state index in [1.807, 2.05) is 12.1 Å². The van der Waals surface area contributed by atoms with Crippen LogP contribution in [-0.4, -0.2) is 36.2 Å². The normalized spacial score (nSPS) is 9.95. The first kappa shape index (κ1) is 14.6. The van der Waals surface area contributed by atoms with Crippen LogP contribution in [0.2, 0.25) is 0 Å². The number of nitrogens with two attached hydrogens (primary N) is 1. The van der Waals surface area contributed by atoms with Gasteiger partial charge in [0.15, 0.2) is 0 Å². The van der Waals surface area contributed by atoms with Gasteiger partial charge in [-0.1, -0.05) is 12.1 Å². The molecular formula is C14H16N4O3. The Kier molecular flexibility index (Phi) is 4.92. The van der Waals surface area contributed by atoms with Gasteiger partial charge in [0.25, 0.3) is 0 Å². The van der Waals surface area contributed by atoms with Crippen molar-refractivity contribution >= 4 is 17.5 Å². The van der Waals surface area contributed by atoms with Crippen molar-refractivity contribution in [2.75, 3.05) is 31.3 Å². The summed E-state index contributed by atoms with van der Waals surface area (Å²) in [4.78, 5) is 19.2. The number of esters is 1. The van der Waals surface area contributed by atoms with E-state index in [2.05, 4.69) is 20.0 Å². The van der Waals surface area contributed by atoms with Crippen molar-refractivity contribution in [2.45, 2.75) is 0 Å². The molecule has 0 spiro atoms. The molecule has 0 unspecified atom stereocenters. The number of nitrogens with one attached hydrogen (secondary N) is 1. The maximum absolute atomic E-state index is 11.3. The highest BCUT2D eigenvalue weighted by Crippen LogP contribution is 2.19. The van der Waals surface area contributed by atoms with Crippen molar-refractivity contribution < 1.29 is 14.3 Å². The minimum Gasteiger partial charge on any atom is -0.490 e. The second-order valence-electron chi connectivity index (χ2n) is 4.07. The number of nitrogen functional groups attached to an aromatic ring is 1. The van der Waals surface area contributed by atoms with E-state index >= 15 is 0 Å². The Morgan fingerprint density at radius 1 is 1.33 bits per heavy atom. The number of methoxy groups -OCH3 is 1. The van der Waals surface area contributed by atoms with Gasteiger partial charge in [-0.25, -0.2) is 14.8 Å². The van der Waals surface area contributed by atoms with Gasteiger partial charge in [-0.2, -0.15) is 0 Å². The van der Waals surface area contributed by atoms with Crippen LogP contribution in [0.3, 0.4) is 0 Å². The lowest BCUT2D eigenvalue weighted by molar-refractivity contribution is 0.0587. The van der Waals surface area contributed by atoms with Crippen molar-refractivity contribution in [1.82, 2.24) is 9.97 Å². The summed E-state index contributed by atoms with van der Waals surface area (Å²) in [5.41, 5.74) is 6.36. The average molecular weight is 288 g/mol. The summed E-state index contributed by atoms with van der Waals surface area (Å²) in [7, 11) is 1.28. The molecule has 0 aliphatic rings. The van der Waals surface area contributed by atoms with E-state index in [1.165, 1.54) is 13.3 Å². The molecule has 3 N–H and O–H groups in total. The lowest BCUT2D eigenvalue weighted by Gasteiger charge is -2.09. The van der Waals surface area contributed by atoms with Gasteiger partial charge in [0, 0.05) is 6.20 Å². The minimum atomic E-state index is -0.577. The summed E-state index contributed by atoms with van der Waals surface area (Å²) in [5, 5.41) is 3.03. The van der Waals surface area contributed by atoms with E-state index in [4.69, 9.17) is 10.5 Å². The molecule has 1 aromatic heterocycles. The molecule has 0 aliphatic carbocycles. The Labute approximate surface area is 122 Å². The number of hydrogen-bond donors (Lipinski definition) is 2. The summed E-state index contributed by atoms with van der Waals surface area (Å²) in [6, 6.07) is 8.93. The highest BCUT2D eigenvalue weighted by Gasteiger charge is 2.09. The van der Waals surface area contributed by atoms with Gasteiger partial charge in [0.05, 0.1) is 19.3 Å². The number of anilines is 2. The molecule has 0 saturated heterocycles. The molecule has 0 radical (unpaired) electrons. The fourth-order valence-electron chi connectivity index (χ4n) is 1.60. The summed E-state index contributed by atoms with van der Waals surface area (Å²) in [6.45, 7) is 0.914. The molecule has 7 nitrogen and oxygen atoms in total. The molecule has 2 rings (SSSR count). The highest BCUT2D eigenvalue weighted by molar-refractivity contribution is 5.85. The quantitative estimate of drug-likeness (QED) is 0.470. The van der Waals surface area contributed by atoms with E-state index in [0.717, 1.165) is 0 Å². The van der Waals surface area contributed by atoms with Crippen molar-refractivity contribution in [3.63, 3.8) is 0 Å².